The van der Waals surface area contributed by atoms with E-state index in [1.807, 2.05) is 42.5 Å². The lowest BCUT2D eigenvalue weighted by atomic mass is 10.1. The SMILES string of the molecule is CCCCCCc1ccc(NC(=S)NC(=O)c2ccnn2-c2ccccc2)cc1. The molecule has 0 aliphatic heterocycles. The normalized spacial score (nSPS) is 10.5. The summed E-state index contributed by atoms with van der Waals surface area (Å²) in [5.41, 5.74) is 3.40. The number of benzene rings is 2. The summed E-state index contributed by atoms with van der Waals surface area (Å²) < 4.78 is 1.59. The summed E-state index contributed by atoms with van der Waals surface area (Å²) in [4.78, 5) is 12.6. The number of hydrogen-bond acceptors (Lipinski definition) is 3. The summed E-state index contributed by atoms with van der Waals surface area (Å²) in [7, 11) is 0. The van der Waals surface area contributed by atoms with Gasteiger partial charge in [0.25, 0.3) is 5.91 Å². The summed E-state index contributed by atoms with van der Waals surface area (Å²) in [5, 5.41) is 10.3. The molecule has 0 unspecified atom stereocenters. The Morgan fingerprint density at radius 2 is 1.76 bits per heavy atom. The Balaban J connectivity index is 1.55. The average Bonchev–Trinajstić information content (AvgIpc) is 3.23. The fourth-order valence-electron chi connectivity index (χ4n) is 3.09. The lowest BCUT2D eigenvalue weighted by Crippen LogP contribution is -2.35. The number of unbranched alkanes of at least 4 members (excludes halogenated alkanes) is 3. The van der Waals surface area contributed by atoms with E-state index in [1.165, 1.54) is 31.2 Å². The molecule has 0 saturated carbocycles. The van der Waals surface area contributed by atoms with Crippen molar-refractivity contribution in [3.8, 4) is 5.69 Å². The molecular weight excluding hydrogens is 380 g/mol. The first-order chi connectivity index (χ1) is 14.2. The van der Waals surface area contributed by atoms with E-state index in [1.54, 1.807) is 16.9 Å². The van der Waals surface area contributed by atoms with Gasteiger partial charge < -0.3 is 5.32 Å². The monoisotopic (exact) mass is 406 g/mol. The van der Waals surface area contributed by atoms with Crippen LogP contribution in [0.4, 0.5) is 5.69 Å². The molecule has 2 aromatic carbocycles. The van der Waals surface area contributed by atoms with Crippen LogP contribution in [0.15, 0.2) is 66.9 Å². The van der Waals surface area contributed by atoms with E-state index < -0.39 is 0 Å². The fourth-order valence-corrected chi connectivity index (χ4v) is 3.30. The van der Waals surface area contributed by atoms with Crippen molar-refractivity contribution >= 4 is 28.9 Å². The fraction of sp³-hybridized carbons (Fsp3) is 0.261. The van der Waals surface area contributed by atoms with Crippen LogP contribution in [0.25, 0.3) is 5.69 Å². The topological polar surface area (TPSA) is 58.9 Å². The number of nitrogens with one attached hydrogen (secondary N) is 2. The zero-order valence-electron chi connectivity index (χ0n) is 16.6. The smallest absolute Gasteiger partial charge is 0.276 e. The number of aromatic nitrogens is 2. The van der Waals surface area contributed by atoms with E-state index in [9.17, 15) is 4.79 Å². The molecule has 5 nitrogen and oxygen atoms in total. The summed E-state index contributed by atoms with van der Waals surface area (Å²) in [6.07, 6.45) is 7.70. The second-order valence-electron chi connectivity index (χ2n) is 6.88. The van der Waals surface area contributed by atoms with Crippen molar-refractivity contribution in [3.63, 3.8) is 0 Å². The predicted octanol–water partition coefficient (Wildman–Crippen LogP) is 5.12. The van der Waals surface area contributed by atoms with Gasteiger partial charge in [-0.1, -0.05) is 56.5 Å². The van der Waals surface area contributed by atoms with Gasteiger partial charge in [0.1, 0.15) is 5.69 Å². The predicted molar refractivity (Wildman–Crippen MR) is 122 cm³/mol. The first-order valence-corrected chi connectivity index (χ1v) is 10.4. The minimum Gasteiger partial charge on any atom is -0.332 e. The van der Waals surface area contributed by atoms with Gasteiger partial charge in [-0.3, -0.25) is 10.1 Å². The third-order valence-electron chi connectivity index (χ3n) is 4.63. The molecule has 0 fully saturated rings. The molecule has 0 bridgehead atoms. The maximum atomic E-state index is 12.6. The molecule has 6 heteroatoms. The van der Waals surface area contributed by atoms with Crippen LogP contribution in [-0.2, 0) is 6.42 Å². The summed E-state index contributed by atoms with van der Waals surface area (Å²) in [5.74, 6) is -0.309. The molecule has 3 aromatic rings. The number of carbonyl (C=O) groups excluding carboxylic acids is 1. The number of rotatable bonds is 8. The van der Waals surface area contributed by atoms with E-state index >= 15 is 0 Å². The lowest BCUT2D eigenvalue weighted by Gasteiger charge is -2.11. The summed E-state index contributed by atoms with van der Waals surface area (Å²) in [6, 6.07) is 19.3. The van der Waals surface area contributed by atoms with Crippen LogP contribution < -0.4 is 10.6 Å². The van der Waals surface area contributed by atoms with Crippen LogP contribution in [-0.4, -0.2) is 20.8 Å². The molecule has 150 valence electrons. The molecule has 29 heavy (non-hydrogen) atoms. The van der Waals surface area contributed by atoms with Gasteiger partial charge in [0.15, 0.2) is 5.11 Å². The molecule has 2 N–H and O–H groups in total. The number of aryl methyl sites for hydroxylation is 1. The molecule has 1 aromatic heterocycles. The highest BCUT2D eigenvalue weighted by Crippen LogP contribution is 2.13. The Bertz CT molecular complexity index is 935. The number of para-hydroxylation sites is 1. The van der Waals surface area contributed by atoms with Crippen molar-refractivity contribution < 1.29 is 4.79 Å². The van der Waals surface area contributed by atoms with Crippen molar-refractivity contribution in [1.29, 1.82) is 0 Å². The quantitative estimate of drug-likeness (QED) is 0.403. The van der Waals surface area contributed by atoms with Crippen molar-refractivity contribution in [2.45, 2.75) is 39.0 Å². The van der Waals surface area contributed by atoms with Gasteiger partial charge in [0.2, 0.25) is 0 Å². The van der Waals surface area contributed by atoms with E-state index in [2.05, 4.69) is 34.8 Å². The number of anilines is 1. The van der Waals surface area contributed by atoms with Crippen molar-refractivity contribution in [2.75, 3.05) is 5.32 Å². The molecule has 0 spiro atoms. The van der Waals surface area contributed by atoms with Crippen molar-refractivity contribution in [2.24, 2.45) is 0 Å². The van der Waals surface area contributed by atoms with Crippen LogP contribution in [0.2, 0.25) is 0 Å². The Labute approximate surface area is 177 Å². The lowest BCUT2D eigenvalue weighted by molar-refractivity contribution is 0.0970. The van der Waals surface area contributed by atoms with Crippen LogP contribution in [0, 0.1) is 0 Å². The minimum absolute atomic E-state index is 0.256. The number of amides is 1. The molecule has 1 heterocycles. The van der Waals surface area contributed by atoms with Gasteiger partial charge in [0, 0.05) is 5.69 Å². The third-order valence-corrected chi connectivity index (χ3v) is 4.84. The molecule has 0 saturated heterocycles. The maximum absolute atomic E-state index is 12.6. The van der Waals surface area contributed by atoms with Crippen molar-refractivity contribution in [3.05, 3.63) is 78.1 Å². The van der Waals surface area contributed by atoms with Gasteiger partial charge in [-0.15, -0.1) is 0 Å². The number of thiocarbonyl (C=S) groups is 1. The van der Waals surface area contributed by atoms with Gasteiger partial charge in [-0.2, -0.15) is 5.10 Å². The average molecular weight is 407 g/mol. The Kier molecular flexibility index (Phi) is 7.53. The van der Waals surface area contributed by atoms with Crippen LogP contribution in [0.5, 0.6) is 0 Å². The first-order valence-electron chi connectivity index (χ1n) is 9.98. The standard InChI is InChI=1S/C23H26N4OS/c1-2-3-4-6-9-18-12-14-19(15-13-18)25-23(29)26-22(28)21-16-17-24-27(21)20-10-7-5-8-11-20/h5,7-8,10-17H,2-4,6,9H2,1H3,(H2,25,26,28,29). The summed E-state index contributed by atoms with van der Waals surface area (Å²) >= 11 is 5.31. The second kappa shape index (κ2) is 10.5. The zero-order valence-corrected chi connectivity index (χ0v) is 17.4. The van der Waals surface area contributed by atoms with Crippen molar-refractivity contribution in [1.82, 2.24) is 15.1 Å². The zero-order chi connectivity index (χ0) is 20.5. The Morgan fingerprint density at radius 3 is 2.48 bits per heavy atom. The maximum Gasteiger partial charge on any atom is 0.276 e. The third kappa shape index (κ3) is 5.99. The minimum atomic E-state index is -0.309. The highest BCUT2D eigenvalue weighted by molar-refractivity contribution is 7.80. The van der Waals surface area contributed by atoms with E-state index in [-0.39, 0.29) is 11.0 Å². The van der Waals surface area contributed by atoms with Gasteiger partial charge in [-0.25, -0.2) is 4.68 Å². The van der Waals surface area contributed by atoms with E-state index in [0.717, 1.165) is 17.8 Å². The molecule has 0 radical (unpaired) electrons. The highest BCUT2D eigenvalue weighted by Gasteiger charge is 2.14. The van der Waals surface area contributed by atoms with E-state index in [0.29, 0.717) is 5.69 Å². The highest BCUT2D eigenvalue weighted by atomic mass is 32.1. The number of nitrogens with zero attached hydrogens (tertiary/aromatic N) is 2. The van der Waals surface area contributed by atoms with Gasteiger partial charge in [0.05, 0.1) is 11.9 Å². The largest absolute Gasteiger partial charge is 0.332 e. The van der Waals surface area contributed by atoms with Gasteiger partial charge in [-0.05, 0) is 61.0 Å². The molecule has 0 atom stereocenters. The Morgan fingerprint density at radius 1 is 1.00 bits per heavy atom. The Hall–Kier alpha value is -2.99. The molecule has 3 rings (SSSR count). The van der Waals surface area contributed by atoms with Crippen LogP contribution in [0.3, 0.4) is 0 Å². The molecule has 0 aliphatic carbocycles. The number of hydrogen-bond donors (Lipinski definition) is 2. The number of carbonyl (C=O) groups is 1. The summed E-state index contributed by atoms with van der Waals surface area (Å²) in [6.45, 7) is 2.22. The molecule has 0 aliphatic rings. The van der Waals surface area contributed by atoms with Gasteiger partial charge >= 0.3 is 0 Å². The van der Waals surface area contributed by atoms with E-state index in [4.69, 9.17) is 12.2 Å². The second-order valence-corrected chi connectivity index (χ2v) is 7.29. The molecule has 1 amide bonds. The molecular formula is C23H26N4OS. The first kappa shape index (κ1) is 20.7. The van der Waals surface area contributed by atoms with Crippen LogP contribution >= 0.6 is 12.2 Å². The van der Waals surface area contributed by atoms with Crippen LogP contribution in [0.1, 0.15) is 48.7 Å².